The van der Waals surface area contributed by atoms with E-state index >= 15 is 0 Å². The number of rotatable bonds is 3. The van der Waals surface area contributed by atoms with E-state index in [1.807, 2.05) is 6.92 Å². The fraction of sp³-hybridized carbons (Fsp3) is 0.571. The fourth-order valence-electron chi connectivity index (χ4n) is 2.59. The van der Waals surface area contributed by atoms with Gasteiger partial charge in [0.25, 0.3) is 5.69 Å². The summed E-state index contributed by atoms with van der Waals surface area (Å²) in [5.74, 6) is 0.805. The number of nitro groups is 1. The molecular formula is C14H19ClN2O2. The topological polar surface area (TPSA) is 55.2 Å². The van der Waals surface area contributed by atoms with Crippen LogP contribution in [0.5, 0.6) is 0 Å². The minimum atomic E-state index is -0.443. The number of benzene rings is 1. The van der Waals surface area contributed by atoms with Crippen LogP contribution in [-0.2, 0) is 0 Å². The van der Waals surface area contributed by atoms with E-state index in [2.05, 4.69) is 12.2 Å². The van der Waals surface area contributed by atoms with Crippen LogP contribution in [0.3, 0.4) is 0 Å². The molecule has 104 valence electrons. The molecule has 4 nitrogen and oxygen atoms in total. The minimum absolute atomic E-state index is 0.0259. The van der Waals surface area contributed by atoms with E-state index in [-0.39, 0.29) is 10.7 Å². The molecule has 0 bridgehead atoms. The van der Waals surface area contributed by atoms with Gasteiger partial charge in [-0.3, -0.25) is 10.1 Å². The molecule has 2 rings (SSSR count). The summed E-state index contributed by atoms with van der Waals surface area (Å²) in [5, 5.41) is 14.5. The largest absolute Gasteiger partial charge is 0.382 e. The molecule has 0 aromatic heterocycles. The summed E-state index contributed by atoms with van der Waals surface area (Å²) in [5.41, 5.74) is 1.76. The van der Waals surface area contributed by atoms with E-state index in [0.717, 1.165) is 30.0 Å². The van der Waals surface area contributed by atoms with E-state index in [1.165, 1.54) is 18.9 Å². The van der Waals surface area contributed by atoms with E-state index in [0.29, 0.717) is 6.04 Å². The lowest BCUT2D eigenvalue weighted by Crippen LogP contribution is -2.25. The Hall–Kier alpha value is -1.29. The Balaban J connectivity index is 2.13. The van der Waals surface area contributed by atoms with E-state index in [4.69, 9.17) is 11.6 Å². The first-order valence-electron chi connectivity index (χ1n) is 6.68. The highest BCUT2D eigenvalue weighted by Crippen LogP contribution is 2.33. The number of nitrogens with zero attached hydrogens (tertiary/aromatic N) is 1. The second-order valence-electron chi connectivity index (χ2n) is 5.48. The molecule has 0 atom stereocenters. The van der Waals surface area contributed by atoms with Crippen LogP contribution in [0.2, 0.25) is 5.02 Å². The van der Waals surface area contributed by atoms with Crippen molar-refractivity contribution in [2.75, 3.05) is 5.32 Å². The van der Waals surface area contributed by atoms with Crippen LogP contribution in [0.15, 0.2) is 12.1 Å². The third-order valence-electron chi connectivity index (χ3n) is 3.87. The monoisotopic (exact) mass is 282 g/mol. The maximum Gasteiger partial charge on any atom is 0.288 e. The molecule has 0 radical (unpaired) electrons. The first-order chi connectivity index (χ1) is 8.97. The first kappa shape index (κ1) is 14.1. The Morgan fingerprint density at radius 1 is 1.32 bits per heavy atom. The Kier molecular flexibility index (Phi) is 4.30. The summed E-state index contributed by atoms with van der Waals surface area (Å²) >= 11 is 5.96. The number of anilines is 1. The standard InChI is InChI=1S/C14H19ClN2O2/c1-9-3-5-11(6-4-9)16-13-8-12(15)14(17(18)19)7-10(13)2/h7-9,11,16H,3-6H2,1-2H3. The van der Waals surface area contributed by atoms with Crippen LogP contribution in [0.1, 0.15) is 38.2 Å². The van der Waals surface area contributed by atoms with E-state index in [9.17, 15) is 10.1 Å². The molecule has 0 amide bonds. The van der Waals surface area contributed by atoms with Gasteiger partial charge < -0.3 is 5.32 Å². The second kappa shape index (κ2) is 5.78. The van der Waals surface area contributed by atoms with Crippen molar-refractivity contribution in [3.63, 3.8) is 0 Å². The van der Waals surface area contributed by atoms with Crippen molar-refractivity contribution in [3.8, 4) is 0 Å². The van der Waals surface area contributed by atoms with Gasteiger partial charge >= 0.3 is 0 Å². The van der Waals surface area contributed by atoms with Gasteiger partial charge in [-0.25, -0.2) is 0 Å². The Labute approximate surface area is 118 Å². The summed E-state index contributed by atoms with van der Waals surface area (Å²) in [6.45, 7) is 4.15. The molecule has 1 aliphatic carbocycles. The molecule has 1 aromatic carbocycles. The molecule has 5 heteroatoms. The van der Waals surface area contributed by atoms with Gasteiger partial charge in [0.1, 0.15) is 5.02 Å². The molecule has 19 heavy (non-hydrogen) atoms. The highest BCUT2D eigenvalue weighted by atomic mass is 35.5. The molecule has 0 saturated heterocycles. The highest BCUT2D eigenvalue weighted by molar-refractivity contribution is 6.33. The Bertz CT molecular complexity index is 483. The van der Waals surface area contributed by atoms with Crippen molar-refractivity contribution in [1.29, 1.82) is 0 Å². The van der Waals surface area contributed by atoms with Gasteiger partial charge in [-0.05, 0) is 50.2 Å². The van der Waals surface area contributed by atoms with Gasteiger partial charge in [0.2, 0.25) is 0 Å². The number of nitrogens with one attached hydrogen (secondary N) is 1. The summed E-state index contributed by atoms with van der Waals surface area (Å²) in [7, 11) is 0. The number of hydrogen-bond donors (Lipinski definition) is 1. The normalized spacial score (nSPS) is 23.1. The highest BCUT2D eigenvalue weighted by Gasteiger charge is 2.20. The maximum absolute atomic E-state index is 10.8. The van der Waals surface area contributed by atoms with E-state index < -0.39 is 4.92 Å². The third-order valence-corrected chi connectivity index (χ3v) is 4.17. The average Bonchev–Trinajstić information content (AvgIpc) is 2.35. The van der Waals surface area contributed by atoms with Gasteiger partial charge in [-0.1, -0.05) is 18.5 Å². The smallest absolute Gasteiger partial charge is 0.288 e. The quantitative estimate of drug-likeness (QED) is 0.654. The zero-order valence-electron chi connectivity index (χ0n) is 11.3. The lowest BCUT2D eigenvalue weighted by molar-refractivity contribution is -0.384. The average molecular weight is 283 g/mol. The van der Waals surface area contributed by atoms with Crippen LogP contribution in [-0.4, -0.2) is 11.0 Å². The first-order valence-corrected chi connectivity index (χ1v) is 7.06. The summed E-state index contributed by atoms with van der Waals surface area (Å²) < 4.78 is 0. The Morgan fingerprint density at radius 3 is 2.53 bits per heavy atom. The molecule has 1 N–H and O–H groups in total. The SMILES string of the molecule is Cc1cc([N+](=O)[O-])c(Cl)cc1NC1CCC(C)CC1. The molecule has 0 unspecified atom stereocenters. The van der Waals surface area contributed by atoms with Gasteiger partial charge in [-0.15, -0.1) is 0 Å². The number of aryl methyl sites for hydroxylation is 1. The van der Waals surface area contributed by atoms with Crippen LogP contribution < -0.4 is 5.32 Å². The lowest BCUT2D eigenvalue weighted by atomic mass is 9.87. The fourth-order valence-corrected chi connectivity index (χ4v) is 2.82. The van der Waals surface area contributed by atoms with E-state index in [1.54, 1.807) is 6.07 Å². The molecule has 1 aromatic rings. The van der Waals surface area contributed by atoms with Crippen molar-refractivity contribution in [1.82, 2.24) is 0 Å². The van der Waals surface area contributed by atoms with Crippen LogP contribution in [0.4, 0.5) is 11.4 Å². The van der Waals surface area contributed by atoms with Crippen molar-refractivity contribution in [3.05, 3.63) is 32.8 Å². The van der Waals surface area contributed by atoms with Crippen LogP contribution >= 0.6 is 11.6 Å². The van der Waals surface area contributed by atoms with Crippen molar-refractivity contribution in [2.45, 2.75) is 45.6 Å². The lowest BCUT2D eigenvalue weighted by Gasteiger charge is -2.28. The summed E-state index contributed by atoms with van der Waals surface area (Å²) in [6.07, 6.45) is 4.76. The van der Waals surface area contributed by atoms with Gasteiger partial charge in [0.15, 0.2) is 0 Å². The van der Waals surface area contributed by atoms with Crippen molar-refractivity contribution < 1.29 is 4.92 Å². The van der Waals surface area contributed by atoms with Crippen LogP contribution in [0.25, 0.3) is 0 Å². The summed E-state index contributed by atoms with van der Waals surface area (Å²) in [4.78, 5) is 10.4. The molecular weight excluding hydrogens is 264 g/mol. The summed E-state index contributed by atoms with van der Waals surface area (Å²) in [6, 6.07) is 3.66. The van der Waals surface area contributed by atoms with Crippen LogP contribution in [0, 0.1) is 23.0 Å². The predicted molar refractivity (Wildman–Crippen MR) is 77.9 cm³/mol. The third kappa shape index (κ3) is 3.38. The zero-order chi connectivity index (χ0) is 14.0. The van der Waals surface area contributed by atoms with Crippen molar-refractivity contribution >= 4 is 23.0 Å². The molecule has 1 saturated carbocycles. The minimum Gasteiger partial charge on any atom is -0.382 e. The van der Waals surface area contributed by atoms with Gasteiger partial charge in [-0.2, -0.15) is 0 Å². The molecule has 1 aliphatic rings. The molecule has 0 aliphatic heterocycles. The van der Waals surface area contributed by atoms with Crippen molar-refractivity contribution in [2.24, 2.45) is 5.92 Å². The second-order valence-corrected chi connectivity index (χ2v) is 5.88. The zero-order valence-corrected chi connectivity index (χ0v) is 12.0. The van der Waals surface area contributed by atoms with Gasteiger partial charge in [0.05, 0.1) is 4.92 Å². The molecule has 0 spiro atoms. The maximum atomic E-state index is 10.8. The molecule has 1 fully saturated rings. The number of halogens is 1. The number of nitro benzene ring substituents is 1. The molecule has 0 heterocycles. The van der Waals surface area contributed by atoms with Gasteiger partial charge in [0, 0.05) is 17.8 Å². The predicted octanol–water partition coefficient (Wildman–Crippen LogP) is 4.55. The Morgan fingerprint density at radius 2 is 1.95 bits per heavy atom. The number of hydrogen-bond acceptors (Lipinski definition) is 3.